The molecule has 1 heteroatoms. The van der Waals surface area contributed by atoms with Gasteiger partial charge in [-0.2, -0.15) is 0 Å². The molecule has 0 aromatic heterocycles. The molecule has 0 atom stereocenters. The van der Waals surface area contributed by atoms with Gasteiger partial charge < -0.3 is 0 Å². The van der Waals surface area contributed by atoms with Gasteiger partial charge in [-0.05, 0) is 30.4 Å². The van der Waals surface area contributed by atoms with Gasteiger partial charge in [0.1, 0.15) is 0 Å². The average molecular weight is 252 g/mol. The summed E-state index contributed by atoms with van der Waals surface area (Å²) in [6.45, 7) is 1.85. The molecule has 0 spiro atoms. The number of hydrogen-bond acceptors (Lipinski definition) is 0. The number of aryl methyl sites for hydroxylation is 1. The summed E-state index contributed by atoms with van der Waals surface area (Å²) >= 11 is 0. The summed E-state index contributed by atoms with van der Waals surface area (Å²) in [7, 11) is 0. The molecule has 0 saturated heterocycles. The predicted octanol–water partition coefficient (Wildman–Crippen LogP) is 4.20. The zero-order chi connectivity index (χ0) is 13.2. The monoisotopic (exact) mass is 252 g/mol. The molecule has 2 aromatic rings. The molecule has 0 fully saturated rings. The molecule has 0 heterocycles. The van der Waals surface area contributed by atoms with Crippen molar-refractivity contribution in [1.82, 2.24) is 5.32 Å². The first-order valence-electron chi connectivity index (χ1n) is 7.16. The van der Waals surface area contributed by atoms with Crippen molar-refractivity contribution in [3.8, 4) is 0 Å². The van der Waals surface area contributed by atoms with Crippen LogP contribution in [0.1, 0.15) is 30.4 Å². The summed E-state index contributed by atoms with van der Waals surface area (Å²) in [5.74, 6) is 0. The lowest BCUT2D eigenvalue weighted by Crippen LogP contribution is -2.06. The van der Waals surface area contributed by atoms with Crippen LogP contribution < -0.4 is 5.32 Å². The maximum Gasteiger partial charge on any atom is 0.0384 e. The molecular weight excluding hydrogens is 230 g/mol. The average Bonchev–Trinajstić information content (AvgIpc) is 2.48. The van der Waals surface area contributed by atoms with E-state index in [1.807, 2.05) is 6.07 Å². The van der Waals surface area contributed by atoms with E-state index in [4.69, 9.17) is 0 Å². The third-order valence-electron chi connectivity index (χ3n) is 3.26. The van der Waals surface area contributed by atoms with Gasteiger partial charge >= 0.3 is 0 Å². The fourth-order valence-corrected chi connectivity index (χ4v) is 2.17. The van der Waals surface area contributed by atoms with Crippen LogP contribution in [0.3, 0.4) is 0 Å². The summed E-state index contributed by atoms with van der Waals surface area (Å²) in [5.41, 5.74) is 2.76. The minimum absolute atomic E-state index is 0.861. The van der Waals surface area contributed by atoms with Crippen LogP contribution in [-0.4, -0.2) is 6.54 Å². The maximum absolute atomic E-state index is 4.59. The van der Waals surface area contributed by atoms with Crippen molar-refractivity contribution in [2.24, 2.45) is 0 Å². The minimum Gasteiger partial charge on any atom is -0.237 e. The van der Waals surface area contributed by atoms with Gasteiger partial charge in [0.25, 0.3) is 0 Å². The zero-order valence-corrected chi connectivity index (χ0v) is 11.5. The maximum atomic E-state index is 4.59. The van der Waals surface area contributed by atoms with Crippen LogP contribution in [-0.2, 0) is 13.0 Å². The van der Waals surface area contributed by atoms with Crippen LogP contribution in [0, 0.1) is 0 Å². The molecule has 0 aliphatic heterocycles. The van der Waals surface area contributed by atoms with Gasteiger partial charge in [0.05, 0.1) is 0 Å². The van der Waals surface area contributed by atoms with Gasteiger partial charge in [0.2, 0.25) is 0 Å². The van der Waals surface area contributed by atoms with E-state index < -0.39 is 0 Å². The van der Waals surface area contributed by atoms with Gasteiger partial charge in [-0.1, -0.05) is 67.1 Å². The Kier molecular flexibility index (Phi) is 6.18. The lowest BCUT2D eigenvalue weighted by atomic mass is 10.1. The van der Waals surface area contributed by atoms with Crippen molar-refractivity contribution >= 4 is 0 Å². The Bertz CT molecular complexity index is 392. The second kappa shape index (κ2) is 8.49. The standard InChI is InChI=1S/C18H22N/c1-4-10-17(11-5-1)12-8-3-9-15-19-16-18-13-6-2-7-14-18/h1-2,4-7,10-11,13-14H,3,8-9,12,15-16H2. The van der Waals surface area contributed by atoms with Gasteiger partial charge in [0, 0.05) is 13.1 Å². The second-order valence-corrected chi connectivity index (χ2v) is 4.89. The van der Waals surface area contributed by atoms with Crippen molar-refractivity contribution in [3.05, 3.63) is 71.8 Å². The minimum atomic E-state index is 0.861. The Balaban J connectivity index is 1.49. The molecule has 0 amide bonds. The van der Waals surface area contributed by atoms with Crippen LogP contribution in [0.4, 0.5) is 0 Å². The van der Waals surface area contributed by atoms with Crippen LogP contribution in [0.5, 0.6) is 0 Å². The summed E-state index contributed by atoms with van der Waals surface area (Å²) in [6, 6.07) is 21.2. The molecule has 1 nitrogen and oxygen atoms in total. The van der Waals surface area contributed by atoms with Crippen molar-refractivity contribution in [1.29, 1.82) is 0 Å². The van der Waals surface area contributed by atoms with Crippen molar-refractivity contribution in [2.75, 3.05) is 6.54 Å². The highest BCUT2D eigenvalue weighted by molar-refractivity contribution is 5.15. The fraction of sp³-hybridized carbons (Fsp3) is 0.333. The molecule has 99 valence electrons. The SMILES string of the molecule is c1ccc(CCCCC[N]Cc2ccccc2)cc1. The molecule has 2 rings (SSSR count). The molecule has 0 unspecified atom stereocenters. The van der Waals surface area contributed by atoms with E-state index in [9.17, 15) is 0 Å². The largest absolute Gasteiger partial charge is 0.237 e. The Morgan fingerprint density at radius 2 is 1.26 bits per heavy atom. The smallest absolute Gasteiger partial charge is 0.0384 e. The first-order chi connectivity index (χ1) is 9.45. The molecule has 0 aliphatic carbocycles. The number of hydrogen-bond donors (Lipinski definition) is 0. The van der Waals surface area contributed by atoms with Crippen molar-refractivity contribution in [2.45, 2.75) is 32.2 Å². The van der Waals surface area contributed by atoms with Crippen LogP contribution in [0.2, 0.25) is 0 Å². The lowest BCUT2D eigenvalue weighted by molar-refractivity contribution is 0.594. The summed E-state index contributed by atoms with van der Waals surface area (Å²) < 4.78 is 0. The normalized spacial score (nSPS) is 10.5. The van der Waals surface area contributed by atoms with Crippen molar-refractivity contribution < 1.29 is 0 Å². The molecule has 2 aromatic carbocycles. The summed E-state index contributed by atoms with van der Waals surface area (Å²) in [6.07, 6.45) is 4.94. The Labute approximate surface area is 116 Å². The van der Waals surface area contributed by atoms with Crippen LogP contribution >= 0.6 is 0 Å². The van der Waals surface area contributed by atoms with E-state index >= 15 is 0 Å². The molecule has 1 radical (unpaired) electrons. The molecule has 0 aliphatic rings. The quantitative estimate of drug-likeness (QED) is 0.625. The Morgan fingerprint density at radius 3 is 1.95 bits per heavy atom. The third kappa shape index (κ3) is 5.71. The highest BCUT2D eigenvalue weighted by Crippen LogP contribution is 2.06. The topological polar surface area (TPSA) is 14.1 Å². The van der Waals surface area contributed by atoms with Gasteiger partial charge in [-0.3, -0.25) is 0 Å². The molecule has 0 N–H and O–H groups in total. The van der Waals surface area contributed by atoms with E-state index in [1.54, 1.807) is 0 Å². The van der Waals surface area contributed by atoms with E-state index in [-0.39, 0.29) is 0 Å². The molecule has 0 saturated carbocycles. The number of rotatable bonds is 8. The summed E-state index contributed by atoms with van der Waals surface area (Å²) in [4.78, 5) is 0. The Hall–Kier alpha value is -1.60. The lowest BCUT2D eigenvalue weighted by Gasteiger charge is -2.03. The molecule has 0 bridgehead atoms. The third-order valence-corrected chi connectivity index (χ3v) is 3.26. The molecule has 19 heavy (non-hydrogen) atoms. The fourth-order valence-electron chi connectivity index (χ4n) is 2.17. The van der Waals surface area contributed by atoms with Gasteiger partial charge in [-0.15, -0.1) is 0 Å². The predicted molar refractivity (Wildman–Crippen MR) is 81.1 cm³/mol. The van der Waals surface area contributed by atoms with Gasteiger partial charge in [0.15, 0.2) is 0 Å². The first-order valence-corrected chi connectivity index (χ1v) is 7.16. The van der Waals surface area contributed by atoms with E-state index in [2.05, 4.69) is 59.9 Å². The highest BCUT2D eigenvalue weighted by atomic mass is 14.8. The van der Waals surface area contributed by atoms with Crippen LogP contribution in [0.25, 0.3) is 0 Å². The summed E-state index contributed by atoms with van der Waals surface area (Å²) in [5, 5.41) is 4.59. The second-order valence-electron chi connectivity index (χ2n) is 4.89. The van der Waals surface area contributed by atoms with Crippen molar-refractivity contribution in [3.63, 3.8) is 0 Å². The number of nitrogens with zero attached hydrogens (tertiary/aromatic N) is 1. The number of unbranched alkanes of at least 4 members (excludes halogenated alkanes) is 2. The molecular formula is C18H22N. The van der Waals surface area contributed by atoms with Gasteiger partial charge in [-0.25, -0.2) is 5.32 Å². The Morgan fingerprint density at radius 1 is 0.632 bits per heavy atom. The van der Waals surface area contributed by atoms with E-state index in [0.29, 0.717) is 0 Å². The van der Waals surface area contributed by atoms with E-state index in [0.717, 1.165) is 13.1 Å². The first kappa shape index (κ1) is 13.8. The van der Waals surface area contributed by atoms with Crippen LogP contribution in [0.15, 0.2) is 60.7 Å². The number of benzene rings is 2. The highest BCUT2D eigenvalue weighted by Gasteiger charge is 1.94. The zero-order valence-electron chi connectivity index (χ0n) is 11.5. The van der Waals surface area contributed by atoms with E-state index in [1.165, 1.54) is 36.8 Å².